The Hall–Kier alpha value is -1.34. The molecular weight excluding hydrogens is 262 g/mol. The van der Waals surface area contributed by atoms with Crippen molar-refractivity contribution in [3.8, 4) is 0 Å². The third-order valence-corrected chi connectivity index (χ3v) is 3.55. The number of nitrogens with two attached hydrogens (primary N) is 1. The highest BCUT2D eigenvalue weighted by molar-refractivity contribution is 5.84. The number of morpholine rings is 1. The smallest absolute Gasteiger partial charge is 0.410 e. The van der Waals surface area contributed by atoms with Crippen molar-refractivity contribution in [2.24, 2.45) is 5.73 Å². The molecule has 0 bridgehead atoms. The molecule has 2 N–H and O–H groups in total. The van der Waals surface area contributed by atoms with Crippen LogP contribution in [0.2, 0.25) is 0 Å². The fourth-order valence-electron chi connectivity index (χ4n) is 2.60. The fraction of sp³-hybridized carbons (Fsp3) is 0.846. The van der Waals surface area contributed by atoms with E-state index in [2.05, 4.69) is 0 Å². The van der Waals surface area contributed by atoms with Crippen molar-refractivity contribution in [1.29, 1.82) is 0 Å². The van der Waals surface area contributed by atoms with E-state index >= 15 is 0 Å². The molecule has 1 atom stereocenters. The zero-order valence-electron chi connectivity index (χ0n) is 12.3. The highest BCUT2D eigenvalue weighted by Gasteiger charge is 2.48. The Morgan fingerprint density at radius 3 is 2.80 bits per heavy atom. The zero-order chi connectivity index (χ0) is 15.0. The largest absolute Gasteiger partial charge is 0.444 e. The van der Waals surface area contributed by atoms with Crippen molar-refractivity contribution in [2.75, 3.05) is 39.4 Å². The predicted octanol–water partition coefficient (Wildman–Crippen LogP) is -0.207. The molecule has 1 unspecified atom stereocenters. The average Bonchev–Trinajstić information content (AvgIpc) is 2.36. The van der Waals surface area contributed by atoms with Gasteiger partial charge in [-0.05, 0) is 20.8 Å². The zero-order valence-corrected chi connectivity index (χ0v) is 12.3. The van der Waals surface area contributed by atoms with Gasteiger partial charge in [-0.2, -0.15) is 0 Å². The second-order valence-electron chi connectivity index (χ2n) is 6.36. The molecule has 20 heavy (non-hydrogen) atoms. The molecule has 2 amide bonds. The predicted molar refractivity (Wildman–Crippen MR) is 72.1 cm³/mol. The summed E-state index contributed by atoms with van der Waals surface area (Å²) in [5, 5.41) is 0. The van der Waals surface area contributed by atoms with Crippen molar-refractivity contribution < 1.29 is 19.1 Å². The molecule has 2 heterocycles. The van der Waals surface area contributed by atoms with Gasteiger partial charge in [-0.25, -0.2) is 4.79 Å². The minimum Gasteiger partial charge on any atom is -0.444 e. The van der Waals surface area contributed by atoms with Gasteiger partial charge < -0.3 is 20.1 Å². The number of ether oxygens (including phenoxy) is 2. The number of piperazine rings is 1. The number of carbonyl (C=O) groups is 2. The molecule has 0 spiro atoms. The van der Waals surface area contributed by atoms with Crippen molar-refractivity contribution in [1.82, 2.24) is 9.80 Å². The molecule has 114 valence electrons. The van der Waals surface area contributed by atoms with Crippen LogP contribution in [0.3, 0.4) is 0 Å². The number of rotatable bonds is 1. The lowest BCUT2D eigenvalue weighted by Crippen LogP contribution is -2.72. The molecule has 0 aromatic carbocycles. The molecule has 0 aromatic rings. The number of hydrogen-bond donors (Lipinski definition) is 1. The van der Waals surface area contributed by atoms with E-state index in [1.165, 1.54) is 4.90 Å². The van der Waals surface area contributed by atoms with E-state index in [-0.39, 0.29) is 19.0 Å². The van der Waals surface area contributed by atoms with Crippen LogP contribution in [0.25, 0.3) is 0 Å². The first-order valence-electron chi connectivity index (χ1n) is 6.84. The SMILES string of the molecule is CC(C)(C)OC(=O)N1CC(=O)N2CCOCC2(CN)C1. The molecule has 2 fully saturated rings. The van der Waals surface area contributed by atoms with Gasteiger partial charge in [-0.1, -0.05) is 0 Å². The van der Waals surface area contributed by atoms with E-state index in [0.717, 1.165) is 0 Å². The normalized spacial score (nSPS) is 27.3. The molecule has 2 rings (SSSR count). The topological polar surface area (TPSA) is 85.1 Å². The molecule has 0 aliphatic carbocycles. The Morgan fingerprint density at radius 2 is 2.20 bits per heavy atom. The van der Waals surface area contributed by atoms with Gasteiger partial charge in [0.25, 0.3) is 0 Å². The van der Waals surface area contributed by atoms with Crippen molar-refractivity contribution >= 4 is 12.0 Å². The maximum Gasteiger partial charge on any atom is 0.410 e. The van der Waals surface area contributed by atoms with Crippen LogP contribution in [0, 0.1) is 0 Å². The van der Waals surface area contributed by atoms with Crippen molar-refractivity contribution in [2.45, 2.75) is 31.9 Å². The molecule has 2 aliphatic heterocycles. The van der Waals surface area contributed by atoms with Crippen LogP contribution in [-0.4, -0.2) is 72.3 Å². The summed E-state index contributed by atoms with van der Waals surface area (Å²) in [4.78, 5) is 27.6. The molecule has 7 nitrogen and oxygen atoms in total. The summed E-state index contributed by atoms with van der Waals surface area (Å²) in [5.41, 5.74) is 4.64. The summed E-state index contributed by atoms with van der Waals surface area (Å²) in [6.07, 6.45) is -0.483. The Morgan fingerprint density at radius 1 is 1.50 bits per heavy atom. The molecule has 0 radical (unpaired) electrons. The van der Waals surface area contributed by atoms with Gasteiger partial charge in [0.2, 0.25) is 5.91 Å². The highest BCUT2D eigenvalue weighted by Crippen LogP contribution is 2.26. The van der Waals surface area contributed by atoms with E-state index in [9.17, 15) is 9.59 Å². The van der Waals surface area contributed by atoms with Gasteiger partial charge in [0.05, 0.1) is 25.3 Å². The summed E-state index contributed by atoms with van der Waals surface area (Å²) in [7, 11) is 0. The first-order valence-corrected chi connectivity index (χ1v) is 6.84. The Balaban J connectivity index is 2.15. The molecule has 2 saturated heterocycles. The second-order valence-corrected chi connectivity index (χ2v) is 6.36. The maximum absolute atomic E-state index is 12.2. The molecule has 2 aliphatic rings. The van der Waals surface area contributed by atoms with Crippen LogP contribution in [0.4, 0.5) is 4.79 Å². The van der Waals surface area contributed by atoms with Gasteiger partial charge in [-0.3, -0.25) is 9.69 Å². The lowest BCUT2D eigenvalue weighted by atomic mass is 9.93. The average molecular weight is 285 g/mol. The fourth-order valence-corrected chi connectivity index (χ4v) is 2.60. The number of fused-ring (bicyclic) bond motifs is 1. The van der Waals surface area contributed by atoms with Crippen LogP contribution in [0.1, 0.15) is 20.8 Å². The Labute approximate surface area is 119 Å². The lowest BCUT2D eigenvalue weighted by molar-refractivity contribution is -0.160. The quantitative estimate of drug-likeness (QED) is 0.721. The summed E-state index contributed by atoms with van der Waals surface area (Å²) in [6.45, 7) is 7.44. The van der Waals surface area contributed by atoms with Crippen LogP contribution >= 0.6 is 0 Å². The minimum atomic E-state index is -0.621. The molecule has 0 saturated carbocycles. The third-order valence-electron chi connectivity index (χ3n) is 3.55. The monoisotopic (exact) mass is 285 g/mol. The van der Waals surface area contributed by atoms with Crippen LogP contribution in [-0.2, 0) is 14.3 Å². The van der Waals surface area contributed by atoms with E-state index in [0.29, 0.717) is 26.3 Å². The van der Waals surface area contributed by atoms with Gasteiger partial charge >= 0.3 is 6.09 Å². The van der Waals surface area contributed by atoms with E-state index in [1.807, 2.05) is 0 Å². The standard InChI is InChI=1S/C13H23N3O4/c1-12(2,3)20-11(18)15-6-10(17)16-4-5-19-9-13(16,7-14)8-15/h4-9,14H2,1-3H3. The van der Waals surface area contributed by atoms with Crippen molar-refractivity contribution in [3.63, 3.8) is 0 Å². The van der Waals surface area contributed by atoms with Gasteiger partial charge in [0.15, 0.2) is 0 Å². The molecule has 0 aromatic heterocycles. The van der Waals surface area contributed by atoms with Gasteiger partial charge in [0.1, 0.15) is 12.1 Å². The van der Waals surface area contributed by atoms with E-state index < -0.39 is 17.2 Å². The first kappa shape index (κ1) is 15.1. The molecular formula is C13H23N3O4. The highest BCUT2D eigenvalue weighted by atomic mass is 16.6. The summed E-state index contributed by atoms with van der Waals surface area (Å²) < 4.78 is 10.8. The minimum absolute atomic E-state index is 0.0384. The number of carbonyl (C=O) groups excluding carboxylic acids is 2. The summed E-state index contributed by atoms with van der Waals surface area (Å²) in [6, 6.07) is 0. The van der Waals surface area contributed by atoms with Gasteiger partial charge in [0, 0.05) is 13.1 Å². The number of amides is 2. The Kier molecular flexibility index (Phi) is 3.93. The first-order chi connectivity index (χ1) is 9.27. The summed E-state index contributed by atoms with van der Waals surface area (Å²) in [5.74, 6) is -0.101. The van der Waals surface area contributed by atoms with Crippen LogP contribution in [0.15, 0.2) is 0 Å². The molecule has 7 heteroatoms. The number of hydrogen-bond acceptors (Lipinski definition) is 5. The van der Waals surface area contributed by atoms with Crippen LogP contribution < -0.4 is 5.73 Å². The Bertz CT molecular complexity index is 407. The summed E-state index contributed by atoms with van der Waals surface area (Å²) >= 11 is 0. The lowest BCUT2D eigenvalue weighted by Gasteiger charge is -2.51. The second kappa shape index (κ2) is 5.21. The number of nitrogens with zero attached hydrogens (tertiary/aromatic N) is 2. The third kappa shape index (κ3) is 2.88. The van der Waals surface area contributed by atoms with Crippen LogP contribution in [0.5, 0.6) is 0 Å². The van der Waals surface area contributed by atoms with E-state index in [1.54, 1.807) is 25.7 Å². The van der Waals surface area contributed by atoms with Gasteiger partial charge in [-0.15, -0.1) is 0 Å². The van der Waals surface area contributed by atoms with E-state index in [4.69, 9.17) is 15.2 Å². The maximum atomic E-state index is 12.2. The van der Waals surface area contributed by atoms with Crippen molar-refractivity contribution in [3.05, 3.63) is 0 Å².